The van der Waals surface area contributed by atoms with Gasteiger partial charge in [0.1, 0.15) is 22.3 Å². The molecule has 0 aliphatic rings. The molecule has 0 aliphatic carbocycles. The highest BCUT2D eigenvalue weighted by molar-refractivity contribution is 7.87. The van der Waals surface area contributed by atoms with Crippen LogP contribution < -0.4 is 9.50 Å². The number of para-hydroxylation sites is 1. The first-order valence-corrected chi connectivity index (χ1v) is 11.7. The van der Waals surface area contributed by atoms with E-state index in [2.05, 4.69) is 5.32 Å². The number of hydrogen-bond donors (Lipinski definition) is 1. The van der Waals surface area contributed by atoms with Crippen molar-refractivity contribution in [2.24, 2.45) is 0 Å². The molecule has 1 N–H and O–H groups in total. The highest BCUT2D eigenvalue weighted by Gasteiger charge is 2.21. The minimum absolute atomic E-state index is 0.0513. The van der Waals surface area contributed by atoms with E-state index in [0.717, 1.165) is 24.3 Å². The monoisotopic (exact) mass is 474 g/mol. The number of amides is 2. The Balaban J connectivity index is 1.78. The minimum atomic E-state index is -4.16. The lowest BCUT2D eigenvalue weighted by Gasteiger charge is -2.29. The largest absolute Gasteiger partial charge is 0.379 e. The maximum absolute atomic E-state index is 14.0. The SMILES string of the molecule is CCC(C)N(Cc1cccc(OS(=O)(=O)c2ccc(F)cc2)c1)C(=O)Nc1ccccc1F. The average molecular weight is 475 g/mol. The van der Waals surface area contributed by atoms with Crippen molar-refractivity contribution in [1.29, 1.82) is 0 Å². The van der Waals surface area contributed by atoms with Crippen molar-refractivity contribution in [2.75, 3.05) is 5.32 Å². The van der Waals surface area contributed by atoms with Crippen LogP contribution in [0.2, 0.25) is 0 Å². The molecule has 174 valence electrons. The van der Waals surface area contributed by atoms with E-state index in [9.17, 15) is 22.0 Å². The summed E-state index contributed by atoms with van der Waals surface area (Å²) in [4.78, 5) is 14.2. The fourth-order valence-electron chi connectivity index (χ4n) is 3.07. The van der Waals surface area contributed by atoms with Gasteiger partial charge in [0.15, 0.2) is 0 Å². The van der Waals surface area contributed by atoms with Crippen LogP contribution in [-0.4, -0.2) is 25.4 Å². The summed E-state index contributed by atoms with van der Waals surface area (Å²) in [5.41, 5.74) is 0.684. The molecule has 0 saturated carbocycles. The van der Waals surface area contributed by atoms with Crippen molar-refractivity contribution in [2.45, 2.75) is 37.8 Å². The number of hydrogen-bond acceptors (Lipinski definition) is 4. The van der Waals surface area contributed by atoms with E-state index in [0.29, 0.717) is 12.0 Å². The highest BCUT2D eigenvalue weighted by atomic mass is 32.2. The van der Waals surface area contributed by atoms with Gasteiger partial charge in [-0.3, -0.25) is 0 Å². The molecule has 3 aromatic rings. The van der Waals surface area contributed by atoms with Crippen LogP contribution in [0, 0.1) is 11.6 Å². The lowest BCUT2D eigenvalue weighted by atomic mass is 10.1. The van der Waals surface area contributed by atoms with Crippen molar-refractivity contribution >= 4 is 21.8 Å². The van der Waals surface area contributed by atoms with E-state index in [-0.39, 0.29) is 28.9 Å². The van der Waals surface area contributed by atoms with E-state index in [1.165, 1.54) is 35.2 Å². The summed E-state index contributed by atoms with van der Waals surface area (Å²) in [6, 6.07) is 15.8. The molecule has 3 aromatic carbocycles. The Labute approximate surface area is 191 Å². The van der Waals surface area contributed by atoms with E-state index in [1.54, 1.807) is 18.2 Å². The van der Waals surface area contributed by atoms with Crippen LogP contribution in [0.25, 0.3) is 0 Å². The number of carbonyl (C=O) groups excluding carboxylic acids is 1. The Morgan fingerprint density at radius 2 is 1.73 bits per heavy atom. The summed E-state index contributed by atoms with van der Waals surface area (Å²) in [6.07, 6.45) is 0.653. The maximum atomic E-state index is 14.0. The molecule has 0 heterocycles. The van der Waals surface area contributed by atoms with Gasteiger partial charge in [0, 0.05) is 12.6 Å². The molecule has 9 heteroatoms. The molecule has 0 saturated heterocycles. The molecule has 1 unspecified atom stereocenters. The molecule has 6 nitrogen and oxygen atoms in total. The summed E-state index contributed by atoms with van der Waals surface area (Å²) in [5, 5.41) is 2.58. The van der Waals surface area contributed by atoms with Crippen molar-refractivity contribution < 1.29 is 26.2 Å². The predicted molar refractivity (Wildman–Crippen MR) is 121 cm³/mol. The van der Waals surface area contributed by atoms with Crippen LogP contribution in [0.1, 0.15) is 25.8 Å². The predicted octanol–water partition coefficient (Wildman–Crippen LogP) is 5.57. The normalized spacial score (nSPS) is 12.1. The van der Waals surface area contributed by atoms with Gasteiger partial charge in [-0.05, 0) is 67.4 Å². The third-order valence-corrected chi connectivity index (χ3v) is 6.32. The third kappa shape index (κ3) is 6.29. The van der Waals surface area contributed by atoms with Crippen LogP contribution in [-0.2, 0) is 16.7 Å². The molecule has 0 radical (unpaired) electrons. The number of nitrogens with zero attached hydrogens (tertiary/aromatic N) is 1. The molecule has 0 aromatic heterocycles. The van der Waals surface area contributed by atoms with Gasteiger partial charge in [0.2, 0.25) is 0 Å². The Hall–Kier alpha value is -3.46. The van der Waals surface area contributed by atoms with Gasteiger partial charge in [-0.2, -0.15) is 8.42 Å². The molecule has 0 aliphatic heterocycles. The number of carbonyl (C=O) groups is 1. The van der Waals surface area contributed by atoms with Crippen LogP contribution >= 0.6 is 0 Å². The van der Waals surface area contributed by atoms with E-state index < -0.39 is 27.8 Å². The smallest absolute Gasteiger partial charge is 0.339 e. The second-order valence-electron chi connectivity index (χ2n) is 7.43. The van der Waals surface area contributed by atoms with Gasteiger partial charge < -0.3 is 14.4 Å². The van der Waals surface area contributed by atoms with Gasteiger partial charge in [0.25, 0.3) is 0 Å². The van der Waals surface area contributed by atoms with Crippen molar-refractivity contribution in [3.63, 3.8) is 0 Å². The average Bonchev–Trinajstić information content (AvgIpc) is 2.78. The molecule has 0 fully saturated rings. The Morgan fingerprint density at radius 3 is 2.39 bits per heavy atom. The summed E-state index contributed by atoms with van der Waals surface area (Å²) < 4.78 is 57.2. The molecule has 33 heavy (non-hydrogen) atoms. The Morgan fingerprint density at radius 1 is 1.03 bits per heavy atom. The van der Waals surface area contributed by atoms with Crippen LogP contribution in [0.4, 0.5) is 19.3 Å². The number of urea groups is 1. The first-order chi connectivity index (χ1) is 15.7. The molecule has 0 spiro atoms. The van der Waals surface area contributed by atoms with Gasteiger partial charge in [-0.15, -0.1) is 0 Å². The van der Waals surface area contributed by atoms with Gasteiger partial charge in [0.05, 0.1) is 5.69 Å². The first-order valence-electron chi connectivity index (χ1n) is 10.3. The topological polar surface area (TPSA) is 75.7 Å². The van der Waals surface area contributed by atoms with Gasteiger partial charge in [-0.1, -0.05) is 31.2 Å². The summed E-state index contributed by atoms with van der Waals surface area (Å²) in [5.74, 6) is -1.05. The lowest BCUT2D eigenvalue weighted by Crippen LogP contribution is -2.40. The van der Waals surface area contributed by atoms with E-state index in [1.807, 2.05) is 13.8 Å². The number of halogens is 2. The van der Waals surface area contributed by atoms with Crippen molar-refractivity contribution in [1.82, 2.24) is 4.90 Å². The first kappa shape index (κ1) is 24.2. The van der Waals surface area contributed by atoms with Crippen molar-refractivity contribution in [3.8, 4) is 5.75 Å². The standard InChI is InChI=1S/C24H24F2N2O4S/c1-3-17(2)28(24(29)27-23-10-5-4-9-22(23)26)16-18-7-6-8-20(15-18)32-33(30,31)21-13-11-19(25)12-14-21/h4-15,17H,3,16H2,1-2H3,(H,27,29). The number of anilines is 1. The second-order valence-corrected chi connectivity index (χ2v) is 8.98. The maximum Gasteiger partial charge on any atom is 0.339 e. The number of nitrogens with one attached hydrogen (secondary N) is 1. The molecule has 3 rings (SSSR count). The second kappa shape index (κ2) is 10.4. The van der Waals surface area contributed by atoms with E-state index in [4.69, 9.17) is 4.18 Å². The lowest BCUT2D eigenvalue weighted by molar-refractivity contribution is 0.187. The van der Waals surface area contributed by atoms with Crippen LogP contribution in [0.5, 0.6) is 5.75 Å². The minimum Gasteiger partial charge on any atom is -0.379 e. The molecule has 2 amide bonds. The van der Waals surface area contributed by atoms with Gasteiger partial charge >= 0.3 is 16.1 Å². The summed E-state index contributed by atoms with van der Waals surface area (Å²) in [7, 11) is -4.16. The van der Waals surface area contributed by atoms with E-state index >= 15 is 0 Å². The van der Waals surface area contributed by atoms with Crippen LogP contribution in [0.3, 0.4) is 0 Å². The fourth-order valence-corrected chi connectivity index (χ4v) is 3.99. The Bertz CT molecular complexity index is 1220. The fraction of sp³-hybridized carbons (Fsp3) is 0.208. The highest BCUT2D eigenvalue weighted by Crippen LogP contribution is 2.22. The zero-order chi connectivity index (χ0) is 24.0. The zero-order valence-corrected chi connectivity index (χ0v) is 19.0. The van der Waals surface area contributed by atoms with Gasteiger partial charge in [-0.25, -0.2) is 13.6 Å². The zero-order valence-electron chi connectivity index (χ0n) is 18.2. The summed E-state index contributed by atoms with van der Waals surface area (Å²) in [6.45, 7) is 3.92. The molecular formula is C24H24F2N2O4S. The number of rotatable bonds is 8. The quantitative estimate of drug-likeness (QED) is 0.434. The summed E-state index contributed by atoms with van der Waals surface area (Å²) >= 11 is 0. The van der Waals surface area contributed by atoms with Crippen molar-refractivity contribution in [3.05, 3.63) is 90.0 Å². The third-order valence-electron chi connectivity index (χ3n) is 5.06. The number of benzene rings is 3. The molecule has 1 atom stereocenters. The Kier molecular flexibility index (Phi) is 7.65. The molecular weight excluding hydrogens is 450 g/mol. The van der Waals surface area contributed by atoms with Crippen LogP contribution in [0.15, 0.2) is 77.7 Å². The molecule has 0 bridgehead atoms.